The topological polar surface area (TPSA) is 50.8 Å². The number of likely N-dealkylation sites (tertiary alicyclic amines) is 1. The third kappa shape index (κ3) is 6.93. The molecule has 0 spiro atoms. The molecule has 1 aliphatic rings. The highest BCUT2D eigenvalue weighted by Crippen LogP contribution is 2.08. The Bertz CT molecular complexity index is 218. The van der Waals surface area contributed by atoms with Gasteiger partial charge < -0.3 is 19.7 Å². The second-order valence-corrected chi connectivity index (χ2v) is 4.55. The largest absolute Gasteiger partial charge is 0.382 e. The van der Waals surface area contributed by atoms with Gasteiger partial charge in [0, 0.05) is 39.8 Å². The average molecular weight is 258 g/mol. The van der Waals surface area contributed by atoms with E-state index in [-0.39, 0.29) is 5.91 Å². The summed E-state index contributed by atoms with van der Waals surface area (Å²) in [6, 6.07) is 0. The molecular weight excluding hydrogens is 232 g/mol. The van der Waals surface area contributed by atoms with Crippen LogP contribution in [0, 0.1) is 0 Å². The molecule has 1 amide bonds. The smallest absolute Gasteiger partial charge is 0.223 e. The minimum Gasteiger partial charge on any atom is -0.382 e. The van der Waals surface area contributed by atoms with Crippen LogP contribution in [0.15, 0.2) is 0 Å². The summed E-state index contributed by atoms with van der Waals surface area (Å²) in [5.74, 6) is 0.288. The van der Waals surface area contributed by atoms with Gasteiger partial charge in [-0.2, -0.15) is 0 Å². The average Bonchev–Trinajstić information content (AvgIpc) is 2.90. The predicted molar refractivity (Wildman–Crippen MR) is 70.6 cm³/mol. The van der Waals surface area contributed by atoms with Crippen molar-refractivity contribution in [2.24, 2.45) is 0 Å². The third-order valence-corrected chi connectivity index (χ3v) is 3.05. The lowest BCUT2D eigenvalue weighted by Crippen LogP contribution is -2.31. The van der Waals surface area contributed by atoms with Crippen molar-refractivity contribution in [3.63, 3.8) is 0 Å². The summed E-state index contributed by atoms with van der Waals surface area (Å²) in [4.78, 5) is 13.7. The molecule has 0 aromatic heterocycles. The Balaban J connectivity index is 1.82. The van der Waals surface area contributed by atoms with Crippen molar-refractivity contribution in [2.75, 3.05) is 53.1 Å². The van der Waals surface area contributed by atoms with Gasteiger partial charge in [-0.15, -0.1) is 0 Å². The highest BCUT2D eigenvalue weighted by Gasteiger charge is 2.16. The van der Waals surface area contributed by atoms with Gasteiger partial charge >= 0.3 is 0 Å². The van der Waals surface area contributed by atoms with Gasteiger partial charge in [0.1, 0.15) is 0 Å². The van der Waals surface area contributed by atoms with Gasteiger partial charge in [-0.25, -0.2) is 0 Å². The van der Waals surface area contributed by atoms with Crippen LogP contribution >= 0.6 is 0 Å². The summed E-state index contributed by atoms with van der Waals surface area (Å²) in [5, 5.41) is 3.27. The monoisotopic (exact) mass is 258 g/mol. The molecule has 5 heteroatoms. The summed E-state index contributed by atoms with van der Waals surface area (Å²) in [7, 11) is 1.67. The van der Waals surface area contributed by atoms with Crippen molar-refractivity contribution in [2.45, 2.75) is 25.7 Å². The molecule has 18 heavy (non-hydrogen) atoms. The maximum atomic E-state index is 11.7. The molecule has 1 rings (SSSR count). The number of ether oxygens (including phenoxy) is 2. The lowest BCUT2D eigenvalue weighted by molar-refractivity contribution is -0.130. The summed E-state index contributed by atoms with van der Waals surface area (Å²) < 4.78 is 10.2. The summed E-state index contributed by atoms with van der Waals surface area (Å²) in [6.07, 6.45) is 3.92. The van der Waals surface area contributed by atoms with Gasteiger partial charge in [0.05, 0.1) is 13.2 Å². The molecule has 5 nitrogen and oxygen atoms in total. The molecule has 0 saturated carbocycles. The van der Waals surface area contributed by atoms with E-state index in [4.69, 9.17) is 9.47 Å². The van der Waals surface area contributed by atoms with Crippen LogP contribution in [0.25, 0.3) is 0 Å². The maximum Gasteiger partial charge on any atom is 0.223 e. The van der Waals surface area contributed by atoms with E-state index in [0.717, 1.165) is 52.0 Å². The number of hydrogen-bond acceptors (Lipinski definition) is 4. The van der Waals surface area contributed by atoms with Crippen molar-refractivity contribution in [1.82, 2.24) is 10.2 Å². The molecule has 1 heterocycles. The van der Waals surface area contributed by atoms with Gasteiger partial charge in [-0.3, -0.25) is 4.79 Å². The van der Waals surface area contributed by atoms with Crippen LogP contribution in [0.3, 0.4) is 0 Å². The molecule has 0 unspecified atom stereocenters. The fourth-order valence-electron chi connectivity index (χ4n) is 1.99. The highest BCUT2D eigenvalue weighted by molar-refractivity contribution is 5.76. The Kier molecular flexibility index (Phi) is 8.81. The number of carbonyl (C=O) groups is 1. The first-order chi connectivity index (χ1) is 8.84. The summed E-state index contributed by atoms with van der Waals surface area (Å²) in [6.45, 7) is 5.63. The lowest BCUT2D eigenvalue weighted by Gasteiger charge is -2.15. The predicted octanol–water partition coefficient (Wildman–Crippen LogP) is 0.642. The normalized spacial score (nSPS) is 15.3. The molecule has 0 radical (unpaired) electrons. The molecular formula is C13H26N2O3. The number of nitrogens with zero attached hydrogens (tertiary/aromatic N) is 1. The first-order valence-electron chi connectivity index (χ1n) is 6.90. The zero-order valence-electron chi connectivity index (χ0n) is 11.5. The van der Waals surface area contributed by atoms with E-state index in [1.165, 1.54) is 0 Å². The summed E-state index contributed by atoms with van der Waals surface area (Å²) in [5.41, 5.74) is 0. The van der Waals surface area contributed by atoms with Crippen LogP contribution in [-0.2, 0) is 14.3 Å². The molecule has 1 saturated heterocycles. The van der Waals surface area contributed by atoms with E-state index in [1.807, 2.05) is 4.90 Å². The third-order valence-electron chi connectivity index (χ3n) is 3.05. The minimum absolute atomic E-state index is 0.288. The van der Waals surface area contributed by atoms with Gasteiger partial charge in [0.2, 0.25) is 5.91 Å². The van der Waals surface area contributed by atoms with Gasteiger partial charge in [-0.1, -0.05) is 0 Å². The first kappa shape index (κ1) is 15.4. The second-order valence-electron chi connectivity index (χ2n) is 4.55. The Morgan fingerprint density at radius 3 is 2.67 bits per heavy atom. The summed E-state index contributed by atoms with van der Waals surface area (Å²) >= 11 is 0. The van der Waals surface area contributed by atoms with E-state index in [2.05, 4.69) is 5.32 Å². The van der Waals surface area contributed by atoms with Crippen LogP contribution in [0.5, 0.6) is 0 Å². The number of hydrogen-bond donors (Lipinski definition) is 1. The molecule has 1 aliphatic heterocycles. The van der Waals surface area contributed by atoms with E-state index >= 15 is 0 Å². The molecule has 0 aromatic carbocycles. The highest BCUT2D eigenvalue weighted by atomic mass is 16.5. The second kappa shape index (κ2) is 10.3. The van der Waals surface area contributed by atoms with Crippen LogP contribution in [0.4, 0.5) is 0 Å². The van der Waals surface area contributed by atoms with Gasteiger partial charge in [0.15, 0.2) is 0 Å². The van der Waals surface area contributed by atoms with Crippen molar-refractivity contribution in [1.29, 1.82) is 0 Å². The van der Waals surface area contributed by atoms with E-state index in [1.54, 1.807) is 7.11 Å². The quantitative estimate of drug-likeness (QED) is 0.584. The standard InChI is InChI=1S/C13H26N2O3/c1-17-11-12-18-10-4-6-14-7-5-13(16)15-8-2-3-9-15/h14H,2-12H2,1H3. The van der Waals surface area contributed by atoms with E-state index in [9.17, 15) is 4.79 Å². The van der Waals surface area contributed by atoms with Crippen LogP contribution in [-0.4, -0.2) is 63.9 Å². The Morgan fingerprint density at radius 1 is 1.17 bits per heavy atom. The van der Waals surface area contributed by atoms with Crippen molar-refractivity contribution in [3.05, 3.63) is 0 Å². The molecule has 1 N–H and O–H groups in total. The molecule has 0 atom stereocenters. The molecule has 0 aliphatic carbocycles. The fraction of sp³-hybridized carbons (Fsp3) is 0.923. The number of rotatable bonds is 10. The SMILES string of the molecule is COCCOCCCNCCC(=O)N1CCCC1. The Hall–Kier alpha value is -0.650. The first-order valence-corrected chi connectivity index (χ1v) is 6.90. The minimum atomic E-state index is 0.288. The fourth-order valence-corrected chi connectivity index (χ4v) is 1.99. The van der Waals surface area contributed by atoms with Crippen molar-refractivity contribution < 1.29 is 14.3 Å². The Labute approximate surface area is 110 Å². The Morgan fingerprint density at radius 2 is 1.94 bits per heavy atom. The lowest BCUT2D eigenvalue weighted by atomic mass is 10.3. The van der Waals surface area contributed by atoms with Crippen molar-refractivity contribution >= 4 is 5.91 Å². The number of carbonyl (C=O) groups excluding carboxylic acids is 1. The molecule has 1 fully saturated rings. The zero-order valence-corrected chi connectivity index (χ0v) is 11.5. The van der Waals surface area contributed by atoms with Crippen LogP contribution < -0.4 is 5.32 Å². The number of amides is 1. The van der Waals surface area contributed by atoms with E-state index in [0.29, 0.717) is 19.6 Å². The maximum absolute atomic E-state index is 11.7. The van der Waals surface area contributed by atoms with Crippen LogP contribution in [0.1, 0.15) is 25.7 Å². The molecule has 0 bridgehead atoms. The van der Waals surface area contributed by atoms with Gasteiger partial charge in [0.25, 0.3) is 0 Å². The molecule has 106 valence electrons. The van der Waals surface area contributed by atoms with E-state index < -0.39 is 0 Å². The zero-order chi connectivity index (χ0) is 13.1. The number of methoxy groups -OCH3 is 1. The van der Waals surface area contributed by atoms with Crippen LogP contribution in [0.2, 0.25) is 0 Å². The number of nitrogens with one attached hydrogen (secondary N) is 1. The molecule has 0 aromatic rings. The van der Waals surface area contributed by atoms with Crippen molar-refractivity contribution in [3.8, 4) is 0 Å². The van der Waals surface area contributed by atoms with Gasteiger partial charge in [-0.05, 0) is 25.8 Å².